The van der Waals surface area contributed by atoms with E-state index in [4.69, 9.17) is 4.74 Å². The Morgan fingerprint density at radius 3 is 2.39 bits per heavy atom. The van der Waals surface area contributed by atoms with E-state index < -0.39 is 12.0 Å². The number of aromatic nitrogens is 1. The molecular formula is C25H22N2O3S. The second kappa shape index (κ2) is 9.10. The van der Waals surface area contributed by atoms with Crippen LogP contribution in [0.3, 0.4) is 0 Å². The lowest BCUT2D eigenvalue weighted by Gasteiger charge is -2.21. The smallest absolute Gasteiger partial charge is 0.338 e. The molecule has 0 N–H and O–H groups in total. The van der Waals surface area contributed by atoms with Crippen molar-refractivity contribution in [3.63, 3.8) is 0 Å². The molecule has 0 spiro atoms. The maximum atomic E-state index is 13.3. The van der Waals surface area contributed by atoms with Crippen LogP contribution < -0.4 is 14.9 Å². The molecule has 0 unspecified atom stereocenters. The van der Waals surface area contributed by atoms with Crippen LogP contribution in [0.5, 0.6) is 0 Å². The number of nitrogens with zero attached hydrogens (tertiary/aromatic N) is 2. The van der Waals surface area contributed by atoms with E-state index in [9.17, 15) is 9.59 Å². The average Bonchev–Trinajstić information content (AvgIpc) is 3.08. The normalized spacial score (nSPS) is 16.3. The molecule has 0 bridgehead atoms. The van der Waals surface area contributed by atoms with Crippen molar-refractivity contribution >= 4 is 29.5 Å². The van der Waals surface area contributed by atoms with Gasteiger partial charge in [0.25, 0.3) is 5.56 Å². The first-order chi connectivity index (χ1) is 15.1. The molecule has 31 heavy (non-hydrogen) atoms. The van der Waals surface area contributed by atoms with Crippen molar-refractivity contribution in [2.24, 2.45) is 4.99 Å². The Hall–Kier alpha value is -3.51. The Morgan fingerprint density at radius 2 is 1.74 bits per heavy atom. The minimum Gasteiger partial charge on any atom is -0.463 e. The van der Waals surface area contributed by atoms with Crippen LogP contribution >= 0.6 is 11.3 Å². The summed E-state index contributed by atoms with van der Waals surface area (Å²) in [7, 11) is 0. The van der Waals surface area contributed by atoms with Crippen molar-refractivity contribution in [2.45, 2.75) is 19.9 Å². The topological polar surface area (TPSA) is 60.7 Å². The van der Waals surface area contributed by atoms with Crippen molar-refractivity contribution < 1.29 is 9.53 Å². The van der Waals surface area contributed by atoms with E-state index in [1.807, 2.05) is 78.9 Å². The molecule has 0 aliphatic carbocycles. The molecule has 6 heteroatoms. The van der Waals surface area contributed by atoms with Gasteiger partial charge in [-0.2, -0.15) is 0 Å². The number of thiazole rings is 1. The minimum atomic E-state index is -0.589. The maximum absolute atomic E-state index is 13.3. The molecule has 0 fully saturated rings. The Balaban J connectivity index is 1.88. The predicted molar refractivity (Wildman–Crippen MR) is 123 cm³/mol. The second-order valence-corrected chi connectivity index (χ2v) is 8.03. The number of allylic oxidation sites excluding steroid dienone is 2. The van der Waals surface area contributed by atoms with Gasteiger partial charge in [-0.3, -0.25) is 9.36 Å². The van der Waals surface area contributed by atoms with Crippen molar-refractivity contribution in [1.29, 1.82) is 0 Å². The lowest BCUT2D eigenvalue weighted by atomic mass is 10.0. The number of rotatable bonds is 5. The van der Waals surface area contributed by atoms with E-state index >= 15 is 0 Å². The number of ether oxygens (including phenoxy) is 1. The third-order valence-corrected chi connectivity index (χ3v) is 5.91. The van der Waals surface area contributed by atoms with Gasteiger partial charge in [-0.1, -0.05) is 84.2 Å². The van der Waals surface area contributed by atoms with Crippen LogP contribution in [0.2, 0.25) is 0 Å². The molecule has 1 aliphatic heterocycles. The molecule has 1 aliphatic rings. The van der Waals surface area contributed by atoms with Crippen LogP contribution in [0.4, 0.5) is 0 Å². The van der Waals surface area contributed by atoms with Gasteiger partial charge >= 0.3 is 5.97 Å². The number of benzene rings is 2. The van der Waals surface area contributed by atoms with Gasteiger partial charge in [0.05, 0.1) is 28.5 Å². The van der Waals surface area contributed by atoms with Crippen LogP contribution in [0.15, 0.2) is 87.8 Å². The van der Waals surface area contributed by atoms with E-state index in [0.717, 1.165) is 11.1 Å². The van der Waals surface area contributed by atoms with Crippen molar-refractivity contribution in [1.82, 2.24) is 4.57 Å². The van der Waals surface area contributed by atoms with Crippen molar-refractivity contribution in [3.05, 3.63) is 109 Å². The summed E-state index contributed by atoms with van der Waals surface area (Å²) in [5.74, 6) is -0.455. The Labute approximate surface area is 184 Å². The molecule has 2 heterocycles. The maximum Gasteiger partial charge on any atom is 0.338 e. The van der Waals surface area contributed by atoms with Crippen LogP contribution in [-0.2, 0) is 9.53 Å². The standard InChI is InChI=1S/C25H22N2O3S/c1-3-30-24(29)22-17(2)26-25-27(20(22)15-14-18-10-6-4-7-11-18)23(28)21(31-25)16-19-12-8-5-9-13-19/h4-16,20H,3H2,1-2H3/b15-14+,21-16-/t20-/m1/s1. The van der Waals surface area contributed by atoms with Crippen molar-refractivity contribution in [3.8, 4) is 0 Å². The third kappa shape index (κ3) is 4.34. The monoisotopic (exact) mass is 430 g/mol. The first-order valence-corrected chi connectivity index (χ1v) is 10.9. The number of fused-ring (bicyclic) bond motifs is 1. The van der Waals surface area contributed by atoms with Crippen LogP contribution in [-0.4, -0.2) is 17.1 Å². The molecule has 0 amide bonds. The molecule has 0 saturated carbocycles. The molecule has 0 saturated heterocycles. The summed E-state index contributed by atoms with van der Waals surface area (Å²) < 4.78 is 7.43. The molecule has 2 aromatic carbocycles. The van der Waals surface area contributed by atoms with E-state index in [1.54, 1.807) is 18.4 Å². The summed E-state index contributed by atoms with van der Waals surface area (Å²) in [6, 6.07) is 18.9. The summed E-state index contributed by atoms with van der Waals surface area (Å²) in [6.45, 7) is 3.80. The average molecular weight is 431 g/mol. The van der Waals surface area contributed by atoms with E-state index in [-0.39, 0.29) is 12.2 Å². The fraction of sp³-hybridized carbons (Fsp3) is 0.160. The Bertz CT molecular complexity index is 1330. The summed E-state index contributed by atoms with van der Waals surface area (Å²) in [6.07, 6.45) is 5.63. The SMILES string of the molecule is CCOC(=O)C1=C(C)N=c2s/c(=C\c3ccccc3)c(=O)n2[C@@H]1/C=C/c1ccccc1. The highest BCUT2D eigenvalue weighted by molar-refractivity contribution is 7.07. The van der Waals surface area contributed by atoms with E-state index in [1.165, 1.54) is 11.3 Å². The molecule has 1 atom stereocenters. The summed E-state index contributed by atoms with van der Waals surface area (Å²) in [5, 5.41) is 0. The van der Waals surface area contributed by atoms with Gasteiger partial charge < -0.3 is 4.74 Å². The van der Waals surface area contributed by atoms with Gasteiger partial charge in [-0.05, 0) is 31.1 Å². The van der Waals surface area contributed by atoms with Gasteiger partial charge in [0, 0.05) is 0 Å². The molecule has 1 aromatic heterocycles. The molecule has 156 valence electrons. The van der Waals surface area contributed by atoms with Crippen LogP contribution in [0.25, 0.3) is 12.2 Å². The molecule has 3 aromatic rings. The molecule has 4 rings (SSSR count). The zero-order chi connectivity index (χ0) is 21.8. The summed E-state index contributed by atoms with van der Waals surface area (Å²) in [4.78, 5) is 31.2. The highest BCUT2D eigenvalue weighted by Crippen LogP contribution is 2.26. The first kappa shape index (κ1) is 20.8. The molecule has 5 nitrogen and oxygen atoms in total. The van der Waals surface area contributed by atoms with Gasteiger partial charge in [-0.25, -0.2) is 9.79 Å². The highest BCUT2D eigenvalue weighted by Gasteiger charge is 2.30. The Morgan fingerprint density at radius 1 is 1.10 bits per heavy atom. The van der Waals surface area contributed by atoms with Crippen LogP contribution in [0.1, 0.15) is 31.0 Å². The van der Waals surface area contributed by atoms with Gasteiger partial charge in [0.1, 0.15) is 0 Å². The largest absolute Gasteiger partial charge is 0.463 e. The fourth-order valence-electron chi connectivity index (χ4n) is 3.48. The quantitative estimate of drug-likeness (QED) is 0.583. The fourth-order valence-corrected chi connectivity index (χ4v) is 4.54. The number of hydrogen-bond acceptors (Lipinski definition) is 5. The Kier molecular flexibility index (Phi) is 6.09. The number of carbonyl (C=O) groups is 1. The van der Waals surface area contributed by atoms with E-state index in [2.05, 4.69) is 4.99 Å². The van der Waals surface area contributed by atoms with Gasteiger partial charge in [0.15, 0.2) is 4.80 Å². The minimum absolute atomic E-state index is 0.176. The van der Waals surface area contributed by atoms with Crippen LogP contribution in [0, 0.1) is 0 Å². The second-order valence-electron chi connectivity index (χ2n) is 7.03. The van der Waals surface area contributed by atoms with Crippen molar-refractivity contribution in [2.75, 3.05) is 6.61 Å². The first-order valence-electron chi connectivity index (χ1n) is 10.1. The molecular weight excluding hydrogens is 408 g/mol. The number of hydrogen-bond donors (Lipinski definition) is 0. The van der Waals surface area contributed by atoms with E-state index in [0.29, 0.717) is 20.6 Å². The lowest BCUT2D eigenvalue weighted by Crippen LogP contribution is -2.38. The molecule has 0 radical (unpaired) electrons. The zero-order valence-electron chi connectivity index (χ0n) is 17.3. The lowest BCUT2D eigenvalue weighted by molar-refractivity contribution is -0.139. The van der Waals surface area contributed by atoms with Gasteiger partial charge in [0.2, 0.25) is 0 Å². The predicted octanol–water partition coefficient (Wildman–Crippen LogP) is 3.46. The number of carbonyl (C=O) groups excluding carboxylic acids is 1. The number of esters is 1. The van der Waals surface area contributed by atoms with Gasteiger partial charge in [-0.15, -0.1) is 0 Å². The summed E-state index contributed by atoms with van der Waals surface area (Å²) in [5.41, 5.74) is 2.68. The zero-order valence-corrected chi connectivity index (χ0v) is 18.1. The third-order valence-electron chi connectivity index (χ3n) is 4.93. The highest BCUT2D eigenvalue weighted by atomic mass is 32.1. The summed E-state index contributed by atoms with van der Waals surface area (Å²) >= 11 is 1.32.